The maximum atomic E-state index is 11.6. The van der Waals surface area contributed by atoms with Crippen molar-refractivity contribution >= 4 is 5.91 Å². The van der Waals surface area contributed by atoms with Crippen LogP contribution in [0, 0.1) is 5.41 Å². The third-order valence-electron chi connectivity index (χ3n) is 2.39. The molecule has 1 amide bonds. The van der Waals surface area contributed by atoms with Gasteiger partial charge in [-0.1, -0.05) is 13.8 Å². The van der Waals surface area contributed by atoms with Crippen molar-refractivity contribution in [2.45, 2.75) is 26.5 Å². The number of epoxide rings is 1. The van der Waals surface area contributed by atoms with Gasteiger partial charge in [0, 0.05) is 12.0 Å². The van der Waals surface area contributed by atoms with E-state index in [1.807, 2.05) is 13.8 Å². The second-order valence-corrected chi connectivity index (χ2v) is 4.40. The number of hydrogen-bond donors (Lipinski definition) is 3. The fraction of sp³-hybridized carbons (Fsp3) is 0.900. The first-order valence-corrected chi connectivity index (χ1v) is 5.44. The van der Waals surface area contributed by atoms with Gasteiger partial charge in [0.25, 0.3) is 0 Å². The lowest BCUT2D eigenvalue weighted by molar-refractivity contribution is -0.131. The first kappa shape index (κ1) is 13.4. The molecule has 0 aromatic rings. The van der Waals surface area contributed by atoms with E-state index in [1.54, 1.807) is 0 Å². The van der Waals surface area contributed by atoms with E-state index in [0.29, 0.717) is 19.6 Å². The summed E-state index contributed by atoms with van der Waals surface area (Å²) in [4.78, 5) is 16.8. The van der Waals surface area contributed by atoms with Gasteiger partial charge < -0.3 is 15.2 Å². The van der Waals surface area contributed by atoms with E-state index in [9.17, 15) is 4.79 Å². The zero-order valence-corrected chi connectivity index (χ0v) is 9.78. The van der Waals surface area contributed by atoms with Crippen molar-refractivity contribution in [3.63, 3.8) is 0 Å². The van der Waals surface area contributed by atoms with Gasteiger partial charge >= 0.3 is 0 Å². The number of nitrogens with one attached hydrogen (secondary N) is 2. The molecule has 0 aromatic heterocycles. The topological polar surface area (TPSA) is 83.1 Å². The summed E-state index contributed by atoms with van der Waals surface area (Å²) in [6.07, 6.45) is 0.621. The minimum atomic E-state index is -0.499. The molecule has 16 heavy (non-hydrogen) atoms. The molecule has 6 heteroatoms. The number of hydroxylamine groups is 1. The molecule has 1 saturated heterocycles. The van der Waals surface area contributed by atoms with Gasteiger partial charge in [0.15, 0.2) is 6.23 Å². The average molecular weight is 232 g/mol. The fourth-order valence-electron chi connectivity index (χ4n) is 1.10. The van der Waals surface area contributed by atoms with Crippen molar-refractivity contribution in [3.8, 4) is 0 Å². The van der Waals surface area contributed by atoms with Gasteiger partial charge in [-0.3, -0.25) is 9.63 Å². The molecule has 1 heterocycles. The van der Waals surface area contributed by atoms with Crippen LogP contribution in [0.4, 0.5) is 0 Å². The summed E-state index contributed by atoms with van der Waals surface area (Å²) < 4.78 is 4.90. The second kappa shape index (κ2) is 6.15. The predicted octanol–water partition coefficient (Wildman–Crippen LogP) is -0.611. The lowest BCUT2D eigenvalue weighted by Crippen LogP contribution is -2.39. The van der Waals surface area contributed by atoms with Crippen LogP contribution in [0.5, 0.6) is 0 Å². The van der Waals surface area contributed by atoms with E-state index in [-0.39, 0.29) is 25.3 Å². The summed E-state index contributed by atoms with van der Waals surface area (Å²) in [5.41, 5.74) is 2.22. The average Bonchev–Trinajstić information content (AvgIpc) is 3.04. The van der Waals surface area contributed by atoms with Crippen LogP contribution in [0.25, 0.3) is 0 Å². The van der Waals surface area contributed by atoms with Crippen molar-refractivity contribution in [2.24, 2.45) is 5.41 Å². The van der Waals surface area contributed by atoms with Crippen molar-refractivity contribution in [2.75, 3.05) is 26.4 Å². The van der Waals surface area contributed by atoms with Crippen molar-refractivity contribution in [3.05, 3.63) is 0 Å². The van der Waals surface area contributed by atoms with Crippen molar-refractivity contribution in [1.82, 2.24) is 10.8 Å². The molecule has 0 radical (unpaired) electrons. The Balaban J connectivity index is 2.12. The van der Waals surface area contributed by atoms with Gasteiger partial charge in [-0.2, -0.15) is 5.48 Å². The summed E-state index contributed by atoms with van der Waals surface area (Å²) in [7, 11) is 0. The summed E-state index contributed by atoms with van der Waals surface area (Å²) in [6, 6.07) is 0. The number of aliphatic hydroxyl groups is 1. The number of rotatable bonds is 8. The van der Waals surface area contributed by atoms with Crippen LogP contribution in [0.2, 0.25) is 0 Å². The lowest BCUT2D eigenvalue weighted by atomic mass is 9.89. The van der Waals surface area contributed by atoms with Gasteiger partial charge in [-0.05, 0) is 6.42 Å². The van der Waals surface area contributed by atoms with Crippen LogP contribution in [0.3, 0.4) is 0 Å². The third-order valence-corrected chi connectivity index (χ3v) is 2.39. The third kappa shape index (κ3) is 4.89. The van der Waals surface area contributed by atoms with E-state index in [4.69, 9.17) is 14.7 Å². The first-order valence-electron chi connectivity index (χ1n) is 5.44. The highest BCUT2D eigenvalue weighted by Gasteiger charge is 2.27. The minimum Gasteiger partial charge on any atom is -0.395 e. The highest BCUT2D eigenvalue weighted by molar-refractivity contribution is 5.81. The standard InChI is InChI=1S/C10H20N2O4/c1-10(2,9(14)11-4-5-13)3-6-16-12-8-7-15-8/h8,12-13H,3-7H2,1-2H3,(H,11,14). The zero-order chi connectivity index (χ0) is 12.0. The second-order valence-electron chi connectivity index (χ2n) is 4.40. The molecule has 0 saturated carbocycles. The molecule has 0 bridgehead atoms. The van der Waals surface area contributed by atoms with E-state index >= 15 is 0 Å². The molecule has 1 rings (SSSR count). The smallest absolute Gasteiger partial charge is 0.225 e. The summed E-state index contributed by atoms with van der Waals surface area (Å²) >= 11 is 0. The molecule has 1 unspecified atom stereocenters. The summed E-state index contributed by atoms with van der Waals surface area (Å²) in [5, 5.41) is 11.2. The van der Waals surface area contributed by atoms with Gasteiger partial charge in [0.05, 0.1) is 19.8 Å². The predicted molar refractivity (Wildman–Crippen MR) is 57.3 cm³/mol. The summed E-state index contributed by atoms with van der Waals surface area (Å²) in [6.45, 7) is 5.06. The molecule has 1 fully saturated rings. The molecule has 0 aromatic carbocycles. The minimum absolute atomic E-state index is 0.0197. The Kier molecular flexibility index (Phi) is 5.14. The van der Waals surface area contributed by atoms with Crippen LogP contribution < -0.4 is 10.8 Å². The Bertz CT molecular complexity index is 229. The van der Waals surface area contributed by atoms with Crippen LogP contribution >= 0.6 is 0 Å². The summed E-state index contributed by atoms with van der Waals surface area (Å²) in [5.74, 6) is -0.0761. The zero-order valence-electron chi connectivity index (χ0n) is 9.78. The highest BCUT2D eigenvalue weighted by atomic mass is 16.7. The first-order chi connectivity index (χ1) is 7.56. The Labute approximate surface area is 95.3 Å². The van der Waals surface area contributed by atoms with Gasteiger partial charge in [-0.25, -0.2) is 0 Å². The van der Waals surface area contributed by atoms with Crippen LogP contribution in [-0.4, -0.2) is 43.6 Å². The van der Waals surface area contributed by atoms with Crippen molar-refractivity contribution in [1.29, 1.82) is 0 Å². The number of carbonyl (C=O) groups excluding carboxylic acids is 1. The normalized spacial score (nSPS) is 19.6. The van der Waals surface area contributed by atoms with Gasteiger partial charge in [-0.15, -0.1) is 0 Å². The molecule has 94 valence electrons. The van der Waals surface area contributed by atoms with E-state index in [1.165, 1.54) is 0 Å². The molecule has 1 aliphatic heterocycles. The van der Waals surface area contributed by atoms with E-state index < -0.39 is 5.41 Å². The number of hydrogen-bond acceptors (Lipinski definition) is 5. The Morgan fingerprint density at radius 1 is 1.62 bits per heavy atom. The van der Waals surface area contributed by atoms with Crippen molar-refractivity contribution < 1.29 is 19.5 Å². The van der Waals surface area contributed by atoms with Crippen LogP contribution in [-0.2, 0) is 14.4 Å². The molecule has 0 aliphatic carbocycles. The number of ether oxygens (including phenoxy) is 1. The lowest BCUT2D eigenvalue weighted by Gasteiger charge is -2.23. The Morgan fingerprint density at radius 2 is 2.31 bits per heavy atom. The maximum absolute atomic E-state index is 11.6. The highest BCUT2D eigenvalue weighted by Crippen LogP contribution is 2.20. The van der Waals surface area contributed by atoms with Gasteiger partial charge in [0.1, 0.15) is 0 Å². The SMILES string of the molecule is CC(C)(CCONC1CO1)C(=O)NCCO. The molecule has 6 nitrogen and oxygen atoms in total. The molecule has 1 aliphatic rings. The Morgan fingerprint density at radius 3 is 2.88 bits per heavy atom. The molecular weight excluding hydrogens is 212 g/mol. The molecular formula is C10H20N2O4. The maximum Gasteiger partial charge on any atom is 0.225 e. The largest absolute Gasteiger partial charge is 0.395 e. The van der Waals surface area contributed by atoms with Crippen LogP contribution in [0.15, 0.2) is 0 Å². The van der Waals surface area contributed by atoms with Gasteiger partial charge in [0.2, 0.25) is 5.91 Å². The fourth-order valence-corrected chi connectivity index (χ4v) is 1.10. The molecule has 1 atom stereocenters. The Hall–Kier alpha value is -0.690. The van der Waals surface area contributed by atoms with E-state index in [2.05, 4.69) is 10.8 Å². The monoisotopic (exact) mass is 232 g/mol. The van der Waals surface area contributed by atoms with E-state index in [0.717, 1.165) is 0 Å². The number of carbonyl (C=O) groups is 1. The molecule has 0 spiro atoms. The number of aliphatic hydroxyl groups excluding tert-OH is 1. The number of amides is 1. The quantitative estimate of drug-likeness (QED) is 0.295. The van der Waals surface area contributed by atoms with Crippen LogP contribution in [0.1, 0.15) is 20.3 Å². The molecule has 3 N–H and O–H groups in total.